The quantitative estimate of drug-likeness (QED) is 0.363. The smallest absolute Gasteiger partial charge is 0.115 e. The van der Waals surface area contributed by atoms with Gasteiger partial charge in [-0.25, -0.2) is 4.39 Å². The molecule has 0 aromatic heterocycles. The first-order valence-corrected chi connectivity index (χ1v) is 13.9. The number of hydrogen-bond donors (Lipinski definition) is 0. The van der Waals surface area contributed by atoms with Gasteiger partial charge in [-0.2, -0.15) is 0 Å². The number of rotatable bonds is 8. The number of benzene rings is 1. The molecule has 0 bridgehead atoms. The van der Waals surface area contributed by atoms with Crippen molar-refractivity contribution in [1.82, 2.24) is 0 Å². The lowest BCUT2D eigenvalue weighted by Crippen LogP contribution is -2.29. The fourth-order valence-corrected chi connectivity index (χ4v) is 7.52. The molecule has 4 rings (SSSR count). The van der Waals surface area contributed by atoms with Gasteiger partial charge < -0.3 is 0 Å². The second-order valence-electron chi connectivity index (χ2n) is 11.4. The Bertz CT molecular complexity index is 610. The molecule has 0 amide bonds. The van der Waals surface area contributed by atoms with Crippen molar-refractivity contribution in [2.24, 2.45) is 29.6 Å². The average Bonchev–Trinajstić information content (AvgIpc) is 2.85. The van der Waals surface area contributed by atoms with Crippen molar-refractivity contribution in [3.05, 3.63) is 35.4 Å². The third-order valence-corrected chi connectivity index (χ3v) is 9.63. The van der Waals surface area contributed by atoms with Crippen molar-refractivity contribution >= 4 is 0 Å². The molecule has 0 saturated heterocycles. The fourth-order valence-electron chi connectivity index (χ4n) is 7.52. The van der Waals surface area contributed by atoms with E-state index in [1.54, 1.807) is 12.8 Å². The van der Waals surface area contributed by atoms with Crippen LogP contribution in [-0.4, -0.2) is 0 Å². The van der Waals surface area contributed by atoms with Crippen LogP contribution in [0.5, 0.6) is 0 Å². The first kappa shape index (κ1) is 23.3. The highest BCUT2D eigenvalue weighted by atomic mass is 19.1. The molecule has 0 atom stereocenters. The monoisotopic (exact) mass is 426 g/mol. The molecule has 3 aliphatic carbocycles. The minimum atomic E-state index is -0.337. The van der Waals surface area contributed by atoms with Crippen LogP contribution in [0, 0.1) is 29.6 Å². The minimum absolute atomic E-state index is 0.337. The van der Waals surface area contributed by atoms with Crippen LogP contribution < -0.4 is 0 Å². The average molecular weight is 427 g/mol. The molecule has 1 aromatic carbocycles. The van der Waals surface area contributed by atoms with Gasteiger partial charge in [0, 0.05) is 0 Å². The zero-order valence-electron chi connectivity index (χ0n) is 20.2. The van der Waals surface area contributed by atoms with Crippen molar-refractivity contribution in [3.63, 3.8) is 0 Å². The molecule has 1 aromatic rings. The minimum Gasteiger partial charge on any atom is -0.246 e. The van der Waals surface area contributed by atoms with E-state index >= 15 is 0 Å². The van der Waals surface area contributed by atoms with Crippen molar-refractivity contribution in [2.75, 3.05) is 0 Å². The summed E-state index contributed by atoms with van der Waals surface area (Å²) in [7, 11) is 0. The molecule has 0 heterocycles. The van der Waals surface area contributed by atoms with Crippen LogP contribution in [0.4, 0.5) is 4.39 Å². The number of hydrogen-bond acceptors (Lipinski definition) is 0. The Kier molecular flexibility index (Phi) is 8.91. The Morgan fingerprint density at radius 1 is 0.645 bits per heavy atom. The van der Waals surface area contributed by atoms with Crippen molar-refractivity contribution in [2.45, 2.75) is 122 Å². The highest BCUT2D eigenvalue weighted by Crippen LogP contribution is 2.47. The third-order valence-electron chi connectivity index (χ3n) is 9.63. The predicted molar refractivity (Wildman–Crippen MR) is 131 cm³/mol. The molecule has 3 fully saturated rings. The summed E-state index contributed by atoms with van der Waals surface area (Å²) in [6, 6.07) is 8.34. The maximum atomic E-state index is 12.8. The highest BCUT2D eigenvalue weighted by molar-refractivity contribution is 5.25. The zero-order valence-corrected chi connectivity index (χ0v) is 20.2. The number of halogens is 1. The van der Waals surface area contributed by atoms with E-state index in [2.05, 4.69) is 19.1 Å². The first-order valence-electron chi connectivity index (χ1n) is 13.9. The molecule has 0 aliphatic heterocycles. The van der Waals surface area contributed by atoms with Crippen LogP contribution in [0.25, 0.3) is 0 Å². The Morgan fingerprint density at radius 3 is 1.61 bits per heavy atom. The second kappa shape index (κ2) is 11.9. The Morgan fingerprint density at radius 2 is 1.13 bits per heavy atom. The third kappa shape index (κ3) is 6.35. The summed E-state index contributed by atoms with van der Waals surface area (Å²) < 4.78 is 12.8. The molecule has 1 heteroatoms. The van der Waals surface area contributed by atoms with Gasteiger partial charge in [-0.05, 0) is 111 Å². The molecule has 3 aliphatic rings. The van der Waals surface area contributed by atoms with Gasteiger partial charge in [0.15, 0.2) is 0 Å². The summed E-state index contributed by atoms with van der Waals surface area (Å²) in [4.78, 5) is 0. The molecule has 0 N–H and O–H groups in total. The van der Waals surface area contributed by atoms with Gasteiger partial charge >= 0.3 is 0 Å². The SMILES string of the molecule is CCCCC[C@H]1CC[C@H](C2CCC(C3CCC(c4ccc(CF)cc4)CC3)CC2)CC1. The Labute approximate surface area is 191 Å². The van der Waals surface area contributed by atoms with E-state index in [0.29, 0.717) is 5.92 Å². The largest absolute Gasteiger partial charge is 0.246 e. The van der Waals surface area contributed by atoms with E-state index in [1.807, 2.05) is 12.1 Å². The standard InChI is InChI=1S/C30H47F/c1-2-3-4-5-23-6-10-25(11-7-23)27-14-18-29(19-15-27)30-20-16-28(17-21-30)26-12-8-24(22-31)9-13-26/h8-9,12-13,23,25,27-30H,2-7,10-11,14-22H2,1H3/t23-,25-,27?,28?,29?,30?. The summed E-state index contributed by atoms with van der Waals surface area (Å²) in [5.74, 6) is 5.88. The maximum absolute atomic E-state index is 12.8. The van der Waals surface area contributed by atoms with E-state index in [1.165, 1.54) is 95.5 Å². The Hall–Kier alpha value is -0.850. The fraction of sp³-hybridized carbons (Fsp3) is 0.800. The van der Waals surface area contributed by atoms with Gasteiger partial charge in [-0.1, -0.05) is 69.7 Å². The van der Waals surface area contributed by atoms with Gasteiger partial charge in [0.1, 0.15) is 6.67 Å². The van der Waals surface area contributed by atoms with Crippen molar-refractivity contribution in [3.8, 4) is 0 Å². The number of alkyl halides is 1. The molecule has 31 heavy (non-hydrogen) atoms. The normalized spacial score (nSPS) is 34.5. The second-order valence-corrected chi connectivity index (χ2v) is 11.4. The van der Waals surface area contributed by atoms with E-state index in [0.717, 1.165) is 35.2 Å². The summed E-state index contributed by atoms with van der Waals surface area (Å²) in [6.45, 7) is 1.99. The predicted octanol–water partition coefficient (Wildman–Crippen LogP) is 9.62. The summed E-state index contributed by atoms with van der Waals surface area (Å²) >= 11 is 0. The van der Waals surface area contributed by atoms with Crippen LogP contribution in [0.3, 0.4) is 0 Å². The lowest BCUT2D eigenvalue weighted by molar-refractivity contribution is 0.108. The summed E-state index contributed by atoms with van der Waals surface area (Å²) in [5.41, 5.74) is 2.27. The lowest BCUT2D eigenvalue weighted by atomic mass is 9.64. The van der Waals surface area contributed by atoms with Crippen LogP contribution in [0.2, 0.25) is 0 Å². The van der Waals surface area contributed by atoms with Gasteiger partial charge in [-0.3, -0.25) is 0 Å². The van der Waals surface area contributed by atoms with Gasteiger partial charge in [0.05, 0.1) is 0 Å². The molecule has 0 radical (unpaired) electrons. The van der Waals surface area contributed by atoms with E-state index < -0.39 is 0 Å². The van der Waals surface area contributed by atoms with Crippen molar-refractivity contribution in [1.29, 1.82) is 0 Å². The summed E-state index contributed by atoms with van der Waals surface area (Å²) in [6.07, 6.45) is 23.6. The molecular weight excluding hydrogens is 379 g/mol. The van der Waals surface area contributed by atoms with E-state index in [-0.39, 0.29) is 6.67 Å². The lowest BCUT2D eigenvalue weighted by Gasteiger charge is -2.41. The van der Waals surface area contributed by atoms with Gasteiger partial charge in [0.2, 0.25) is 0 Å². The van der Waals surface area contributed by atoms with Gasteiger partial charge in [0.25, 0.3) is 0 Å². The molecule has 0 unspecified atom stereocenters. The maximum Gasteiger partial charge on any atom is 0.115 e. The molecule has 0 nitrogen and oxygen atoms in total. The molecule has 3 saturated carbocycles. The van der Waals surface area contributed by atoms with E-state index in [9.17, 15) is 4.39 Å². The van der Waals surface area contributed by atoms with Crippen molar-refractivity contribution < 1.29 is 4.39 Å². The highest BCUT2D eigenvalue weighted by Gasteiger charge is 2.34. The number of unbranched alkanes of at least 4 members (excludes halogenated alkanes) is 2. The van der Waals surface area contributed by atoms with E-state index in [4.69, 9.17) is 0 Å². The topological polar surface area (TPSA) is 0 Å². The Balaban J connectivity index is 1.15. The molecule has 0 spiro atoms. The molecule has 174 valence electrons. The van der Waals surface area contributed by atoms with Crippen LogP contribution >= 0.6 is 0 Å². The van der Waals surface area contributed by atoms with Crippen LogP contribution in [0.1, 0.15) is 127 Å². The first-order chi connectivity index (χ1) is 15.3. The van der Waals surface area contributed by atoms with Crippen LogP contribution in [0.15, 0.2) is 24.3 Å². The zero-order chi connectivity index (χ0) is 21.5. The summed E-state index contributed by atoms with van der Waals surface area (Å²) in [5, 5.41) is 0. The van der Waals surface area contributed by atoms with Crippen LogP contribution in [-0.2, 0) is 6.67 Å². The molecular formula is C30H47F. The van der Waals surface area contributed by atoms with Gasteiger partial charge in [-0.15, -0.1) is 0 Å².